The zero-order chi connectivity index (χ0) is 14.5. The van der Waals surface area contributed by atoms with Crippen LogP contribution in [0, 0.1) is 11.3 Å². The van der Waals surface area contributed by atoms with Crippen LogP contribution >= 0.6 is 27.5 Å². The second kappa shape index (κ2) is 6.56. The maximum Gasteiger partial charge on any atom is 0.228 e. The van der Waals surface area contributed by atoms with Gasteiger partial charge in [0.15, 0.2) is 0 Å². The number of nitrogens with zero attached hydrogens (tertiary/aromatic N) is 1. The SMILES string of the molecule is N#Cc1ccc(CC(=O)Nc2ccc(Br)c(Cl)c2)cc1. The van der Waals surface area contributed by atoms with Crippen molar-refractivity contribution in [1.82, 2.24) is 0 Å². The molecule has 3 nitrogen and oxygen atoms in total. The van der Waals surface area contributed by atoms with Gasteiger partial charge in [-0.25, -0.2) is 0 Å². The van der Waals surface area contributed by atoms with E-state index < -0.39 is 0 Å². The van der Waals surface area contributed by atoms with E-state index >= 15 is 0 Å². The first kappa shape index (κ1) is 14.6. The minimum atomic E-state index is -0.131. The monoisotopic (exact) mass is 348 g/mol. The molecule has 2 aromatic carbocycles. The van der Waals surface area contributed by atoms with E-state index in [0.717, 1.165) is 10.0 Å². The summed E-state index contributed by atoms with van der Waals surface area (Å²) >= 11 is 9.25. The maximum absolute atomic E-state index is 11.9. The Morgan fingerprint density at radius 1 is 1.25 bits per heavy atom. The first-order valence-corrected chi connectivity index (χ1v) is 6.99. The number of hydrogen-bond donors (Lipinski definition) is 1. The lowest BCUT2D eigenvalue weighted by atomic mass is 10.1. The van der Waals surface area contributed by atoms with Crippen LogP contribution in [0.25, 0.3) is 0 Å². The van der Waals surface area contributed by atoms with Gasteiger partial charge in [0.25, 0.3) is 0 Å². The van der Waals surface area contributed by atoms with Crippen LogP contribution < -0.4 is 5.32 Å². The van der Waals surface area contributed by atoms with Crippen LogP contribution in [0.4, 0.5) is 5.69 Å². The van der Waals surface area contributed by atoms with Crippen molar-refractivity contribution < 1.29 is 4.79 Å². The quantitative estimate of drug-likeness (QED) is 0.905. The zero-order valence-corrected chi connectivity index (χ0v) is 12.7. The van der Waals surface area contributed by atoms with E-state index in [0.29, 0.717) is 16.3 Å². The van der Waals surface area contributed by atoms with E-state index in [2.05, 4.69) is 21.2 Å². The predicted octanol–water partition coefficient (Wildman–Crippen LogP) is 4.16. The highest BCUT2D eigenvalue weighted by molar-refractivity contribution is 9.10. The molecule has 0 spiro atoms. The second-order valence-electron chi connectivity index (χ2n) is 4.16. The number of hydrogen-bond acceptors (Lipinski definition) is 2. The highest BCUT2D eigenvalue weighted by Gasteiger charge is 2.06. The Balaban J connectivity index is 2.01. The molecule has 2 aromatic rings. The number of halogens is 2. The predicted molar refractivity (Wildman–Crippen MR) is 82.6 cm³/mol. The van der Waals surface area contributed by atoms with Gasteiger partial charge in [-0.1, -0.05) is 23.7 Å². The average molecular weight is 350 g/mol. The third-order valence-corrected chi connectivity index (χ3v) is 3.88. The highest BCUT2D eigenvalue weighted by Crippen LogP contribution is 2.25. The Kier molecular flexibility index (Phi) is 4.78. The molecule has 0 aromatic heterocycles. The van der Waals surface area contributed by atoms with E-state index in [4.69, 9.17) is 16.9 Å². The summed E-state index contributed by atoms with van der Waals surface area (Å²) in [7, 11) is 0. The normalized spacial score (nSPS) is 9.85. The molecule has 1 N–H and O–H groups in total. The molecule has 0 bridgehead atoms. The van der Waals surface area contributed by atoms with Crippen LogP contribution in [0.1, 0.15) is 11.1 Å². The summed E-state index contributed by atoms with van der Waals surface area (Å²) in [5.41, 5.74) is 2.08. The first-order valence-electron chi connectivity index (χ1n) is 5.82. The molecule has 0 fully saturated rings. The van der Waals surface area contributed by atoms with Gasteiger partial charge in [-0.2, -0.15) is 5.26 Å². The van der Waals surface area contributed by atoms with Crippen molar-refractivity contribution in [2.75, 3.05) is 5.32 Å². The van der Waals surface area contributed by atoms with Crippen LogP contribution in [0.3, 0.4) is 0 Å². The highest BCUT2D eigenvalue weighted by atomic mass is 79.9. The number of carbonyl (C=O) groups excluding carboxylic acids is 1. The molecule has 0 saturated carbocycles. The molecule has 1 amide bonds. The largest absolute Gasteiger partial charge is 0.326 e. The Morgan fingerprint density at radius 3 is 2.55 bits per heavy atom. The van der Waals surface area contributed by atoms with Gasteiger partial charge >= 0.3 is 0 Å². The Hall–Kier alpha value is -1.83. The zero-order valence-electron chi connectivity index (χ0n) is 10.4. The van der Waals surface area contributed by atoms with Crippen molar-refractivity contribution in [2.45, 2.75) is 6.42 Å². The number of rotatable bonds is 3. The van der Waals surface area contributed by atoms with Gasteiger partial charge in [0.05, 0.1) is 23.1 Å². The van der Waals surface area contributed by atoms with Gasteiger partial charge in [0.1, 0.15) is 0 Å². The summed E-state index contributed by atoms with van der Waals surface area (Å²) in [6.07, 6.45) is 0.249. The van der Waals surface area contributed by atoms with Gasteiger partial charge < -0.3 is 5.32 Å². The number of benzene rings is 2. The van der Waals surface area contributed by atoms with E-state index in [-0.39, 0.29) is 12.3 Å². The minimum Gasteiger partial charge on any atom is -0.326 e. The molecular formula is C15H10BrClN2O. The maximum atomic E-state index is 11.9. The van der Waals surface area contributed by atoms with E-state index in [9.17, 15) is 4.79 Å². The molecule has 0 radical (unpaired) electrons. The van der Waals surface area contributed by atoms with Crippen molar-refractivity contribution in [3.63, 3.8) is 0 Å². The fourth-order valence-corrected chi connectivity index (χ4v) is 2.09. The van der Waals surface area contributed by atoms with Crippen molar-refractivity contribution in [3.05, 3.63) is 63.1 Å². The number of nitrogens with one attached hydrogen (secondary N) is 1. The van der Waals surface area contributed by atoms with Gasteiger partial charge in [-0.3, -0.25) is 4.79 Å². The molecule has 2 rings (SSSR count). The van der Waals surface area contributed by atoms with Crippen molar-refractivity contribution in [1.29, 1.82) is 5.26 Å². The van der Waals surface area contributed by atoms with E-state index in [1.54, 1.807) is 42.5 Å². The Bertz CT molecular complexity index is 677. The third-order valence-electron chi connectivity index (χ3n) is 2.65. The van der Waals surface area contributed by atoms with Crippen molar-refractivity contribution >= 4 is 39.1 Å². The van der Waals surface area contributed by atoms with Crippen LogP contribution in [0.15, 0.2) is 46.9 Å². The van der Waals surface area contributed by atoms with Crippen LogP contribution in [0.2, 0.25) is 5.02 Å². The molecule has 20 heavy (non-hydrogen) atoms. The van der Waals surface area contributed by atoms with E-state index in [1.807, 2.05) is 6.07 Å². The van der Waals surface area contributed by atoms with Gasteiger partial charge in [-0.05, 0) is 51.8 Å². The third kappa shape index (κ3) is 3.83. The van der Waals surface area contributed by atoms with Crippen LogP contribution in [-0.2, 0) is 11.2 Å². The number of carbonyl (C=O) groups is 1. The standard InChI is InChI=1S/C15H10BrClN2O/c16-13-6-5-12(8-14(13)17)19-15(20)7-10-1-3-11(9-18)4-2-10/h1-6,8H,7H2,(H,19,20). The Morgan fingerprint density at radius 2 is 1.95 bits per heavy atom. The first-order chi connectivity index (χ1) is 9.58. The molecule has 0 aliphatic heterocycles. The topological polar surface area (TPSA) is 52.9 Å². The van der Waals surface area contributed by atoms with Crippen molar-refractivity contribution in [3.8, 4) is 6.07 Å². The summed E-state index contributed by atoms with van der Waals surface area (Å²) in [6, 6.07) is 14.2. The molecule has 100 valence electrons. The van der Waals surface area contributed by atoms with Gasteiger partial charge in [-0.15, -0.1) is 0 Å². The summed E-state index contributed by atoms with van der Waals surface area (Å²) in [6.45, 7) is 0. The summed E-state index contributed by atoms with van der Waals surface area (Å²) in [5, 5.41) is 12.0. The molecule has 0 atom stereocenters. The lowest BCUT2D eigenvalue weighted by molar-refractivity contribution is -0.115. The number of nitriles is 1. The minimum absolute atomic E-state index is 0.131. The summed E-state index contributed by atoms with van der Waals surface area (Å²) < 4.78 is 0.782. The Labute approximate surface area is 130 Å². The lowest BCUT2D eigenvalue weighted by Gasteiger charge is -2.06. The fraction of sp³-hybridized carbons (Fsp3) is 0.0667. The molecule has 0 aliphatic carbocycles. The molecule has 0 aliphatic rings. The molecule has 0 unspecified atom stereocenters. The second-order valence-corrected chi connectivity index (χ2v) is 5.42. The smallest absolute Gasteiger partial charge is 0.228 e. The summed E-state index contributed by atoms with van der Waals surface area (Å²) in [5.74, 6) is -0.131. The van der Waals surface area contributed by atoms with Crippen LogP contribution in [-0.4, -0.2) is 5.91 Å². The fourth-order valence-electron chi connectivity index (χ4n) is 1.66. The average Bonchev–Trinajstić information content (AvgIpc) is 2.44. The summed E-state index contributed by atoms with van der Waals surface area (Å²) in [4.78, 5) is 11.9. The number of anilines is 1. The van der Waals surface area contributed by atoms with Crippen molar-refractivity contribution in [2.24, 2.45) is 0 Å². The van der Waals surface area contributed by atoms with Gasteiger partial charge in [0, 0.05) is 10.2 Å². The molecule has 5 heteroatoms. The molecular weight excluding hydrogens is 340 g/mol. The lowest BCUT2D eigenvalue weighted by Crippen LogP contribution is -2.14. The molecule has 0 saturated heterocycles. The van der Waals surface area contributed by atoms with Crippen LogP contribution in [0.5, 0.6) is 0 Å². The van der Waals surface area contributed by atoms with Gasteiger partial charge in [0.2, 0.25) is 5.91 Å². The van der Waals surface area contributed by atoms with E-state index in [1.165, 1.54) is 0 Å². The molecule has 0 heterocycles. The number of amides is 1.